The van der Waals surface area contributed by atoms with Gasteiger partial charge in [-0.15, -0.1) is 0 Å². The molecule has 0 bridgehead atoms. The van der Waals surface area contributed by atoms with Crippen LogP contribution in [0.15, 0.2) is 30.3 Å². The van der Waals surface area contributed by atoms with Crippen LogP contribution < -0.4 is 0 Å². The van der Waals surface area contributed by atoms with Crippen LogP contribution >= 0.6 is 11.6 Å². The highest BCUT2D eigenvalue weighted by molar-refractivity contribution is 6.31. The first kappa shape index (κ1) is 26.6. The van der Waals surface area contributed by atoms with Gasteiger partial charge < -0.3 is 14.9 Å². The van der Waals surface area contributed by atoms with Crippen molar-refractivity contribution in [3.05, 3.63) is 69.0 Å². The quantitative estimate of drug-likeness (QED) is 0.448. The molecule has 0 amide bonds. The number of nitrogens with zero attached hydrogens (tertiary/aromatic N) is 1. The lowest BCUT2D eigenvalue weighted by Gasteiger charge is -2.28. The Morgan fingerprint density at radius 2 is 2.03 bits per heavy atom. The molecule has 0 saturated carbocycles. The second-order valence-corrected chi connectivity index (χ2v) is 9.81. The van der Waals surface area contributed by atoms with Gasteiger partial charge in [0.05, 0.1) is 18.8 Å². The lowest BCUT2D eigenvalue weighted by molar-refractivity contribution is -0.136. The Kier molecular flexibility index (Phi) is 9.48. The van der Waals surface area contributed by atoms with E-state index in [1.807, 2.05) is 19.1 Å². The van der Waals surface area contributed by atoms with Crippen molar-refractivity contribution in [2.75, 3.05) is 19.7 Å². The van der Waals surface area contributed by atoms with Crippen LogP contribution in [0.25, 0.3) is 0 Å². The van der Waals surface area contributed by atoms with Gasteiger partial charge in [0.15, 0.2) is 0 Å². The number of aliphatic hydroxyl groups is 1. The summed E-state index contributed by atoms with van der Waals surface area (Å²) in [5.41, 5.74) is 4.13. The van der Waals surface area contributed by atoms with Crippen molar-refractivity contribution in [3.63, 3.8) is 0 Å². The monoisotopic (exact) mass is 491 g/mol. The van der Waals surface area contributed by atoms with Gasteiger partial charge in [-0.05, 0) is 92.9 Å². The van der Waals surface area contributed by atoms with E-state index in [9.17, 15) is 14.3 Å². The minimum atomic E-state index is -0.898. The zero-order chi connectivity index (χ0) is 24.8. The summed E-state index contributed by atoms with van der Waals surface area (Å²) < 4.78 is 20.1. The number of benzene rings is 2. The number of carboxylic acids is 1. The molecule has 5 nitrogen and oxygen atoms in total. The molecule has 1 aliphatic rings. The molecule has 0 radical (unpaired) electrons. The maximum absolute atomic E-state index is 14.2. The molecule has 2 aromatic carbocycles. The Morgan fingerprint density at radius 3 is 2.74 bits per heavy atom. The molecule has 0 aromatic heterocycles. The van der Waals surface area contributed by atoms with Crippen LogP contribution in [-0.4, -0.2) is 52.9 Å². The number of likely N-dealkylation sites (tertiary alicyclic amines) is 1. The number of ether oxygens (including phenoxy) is 1. The van der Waals surface area contributed by atoms with Crippen molar-refractivity contribution < 1.29 is 24.1 Å². The Bertz CT molecular complexity index is 999. The number of carboxylic acid groups (broad SMARTS) is 1. The van der Waals surface area contributed by atoms with Gasteiger partial charge in [0.25, 0.3) is 0 Å². The van der Waals surface area contributed by atoms with E-state index in [1.165, 1.54) is 11.6 Å². The van der Waals surface area contributed by atoms with Gasteiger partial charge in [-0.2, -0.15) is 0 Å². The van der Waals surface area contributed by atoms with Crippen molar-refractivity contribution in [1.82, 2.24) is 4.90 Å². The number of hydrogen-bond donors (Lipinski definition) is 2. The van der Waals surface area contributed by atoms with Crippen LogP contribution in [0, 0.1) is 19.7 Å². The molecule has 1 aliphatic heterocycles. The van der Waals surface area contributed by atoms with Crippen LogP contribution in [0.3, 0.4) is 0 Å². The fraction of sp³-hybridized carbons (Fsp3) is 0.519. The zero-order valence-corrected chi connectivity index (χ0v) is 20.9. The molecule has 3 atom stereocenters. The van der Waals surface area contributed by atoms with E-state index < -0.39 is 18.2 Å². The minimum Gasteiger partial charge on any atom is -0.481 e. The van der Waals surface area contributed by atoms with Gasteiger partial charge in [-0.3, -0.25) is 9.69 Å². The van der Waals surface area contributed by atoms with Crippen molar-refractivity contribution >= 4 is 17.6 Å². The smallest absolute Gasteiger partial charge is 0.303 e. The number of rotatable bonds is 11. The molecular formula is C27H35ClFNO4. The molecule has 34 heavy (non-hydrogen) atoms. The number of β-amino-alcohol motifs (C(OH)–C–C–N with tert-alkyl or cyclic N) is 1. The maximum atomic E-state index is 14.2. The predicted molar refractivity (Wildman–Crippen MR) is 132 cm³/mol. The van der Waals surface area contributed by atoms with E-state index in [0.29, 0.717) is 30.1 Å². The summed E-state index contributed by atoms with van der Waals surface area (Å²) in [5.74, 6) is -1.24. The van der Waals surface area contributed by atoms with E-state index in [0.717, 1.165) is 42.0 Å². The van der Waals surface area contributed by atoms with E-state index in [-0.39, 0.29) is 18.8 Å². The van der Waals surface area contributed by atoms with Gasteiger partial charge >= 0.3 is 5.97 Å². The van der Waals surface area contributed by atoms with Crippen molar-refractivity contribution in [2.45, 2.75) is 71.1 Å². The number of hydrogen-bond acceptors (Lipinski definition) is 4. The molecule has 1 saturated heterocycles. The molecule has 7 heteroatoms. The average Bonchev–Trinajstić information content (AvgIpc) is 3.21. The second kappa shape index (κ2) is 12.1. The van der Waals surface area contributed by atoms with E-state index in [1.54, 1.807) is 19.9 Å². The third kappa shape index (κ3) is 7.25. The fourth-order valence-electron chi connectivity index (χ4n) is 4.66. The number of aryl methyl sites for hydroxylation is 3. The lowest BCUT2D eigenvalue weighted by Crippen LogP contribution is -2.39. The molecule has 0 spiro atoms. The largest absolute Gasteiger partial charge is 0.481 e. The first-order valence-electron chi connectivity index (χ1n) is 11.9. The molecule has 3 rings (SSSR count). The lowest BCUT2D eigenvalue weighted by atomic mass is 9.96. The summed E-state index contributed by atoms with van der Waals surface area (Å²) in [5, 5.41) is 20.5. The third-order valence-electron chi connectivity index (χ3n) is 6.66. The summed E-state index contributed by atoms with van der Waals surface area (Å²) in [6.45, 7) is 7.01. The SMILES string of the molecule is Cc1cc(CCC(=O)O)c([C@@H](C)OC[C@H](O)CN2CCC[C@H]2Cc2ccc(C)c(Cl)c2)cc1F. The number of aliphatic carboxylic acids is 1. The first-order chi connectivity index (χ1) is 16.1. The van der Waals surface area contributed by atoms with Crippen LogP contribution in [0.1, 0.15) is 60.1 Å². The second-order valence-electron chi connectivity index (χ2n) is 9.40. The molecule has 0 unspecified atom stereocenters. The zero-order valence-electron chi connectivity index (χ0n) is 20.2. The fourth-order valence-corrected chi connectivity index (χ4v) is 4.87. The summed E-state index contributed by atoms with van der Waals surface area (Å²) in [4.78, 5) is 13.3. The standard InChI is InChI=1S/C27H35ClFNO4/c1-17-6-7-20(13-25(17)28)12-22-5-4-10-30(22)15-23(31)16-34-19(3)24-14-26(29)18(2)11-21(24)8-9-27(32)33/h6-7,11,13-14,19,22-23,31H,4-5,8-10,12,15-16H2,1-3H3,(H,32,33)/t19-,22+,23-/m1/s1. The molecule has 0 aliphatic carbocycles. The van der Waals surface area contributed by atoms with E-state index in [2.05, 4.69) is 11.0 Å². The molecule has 1 fully saturated rings. The molecule has 186 valence electrons. The topological polar surface area (TPSA) is 70.0 Å². The highest BCUT2D eigenvalue weighted by Gasteiger charge is 2.27. The highest BCUT2D eigenvalue weighted by Crippen LogP contribution is 2.27. The Hall–Kier alpha value is -1.99. The summed E-state index contributed by atoms with van der Waals surface area (Å²) in [6, 6.07) is 9.64. The maximum Gasteiger partial charge on any atom is 0.303 e. The normalized spacial score (nSPS) is 18.2. The number of aliphatic hydroxyl groups excluding tert-OH is 1. The van der Waals surface area contributed by atoms with Crippen molar-refractivity contribution in [2.24, 2.45) is 0 Å². The minimum absolute atomic E-state index is 0.0318. The first-order valence-corrected chi connectivity index (χ1v) is 12.3. The van der Waals surface area contributed by atoms with Gasteiger partial charge in [0.2, 0.25) is 0 Å². The average molecular weight is 492 g/mol. The molecule has 2 aromatic rings. The van der Waals surface area contributed by atoms with Crippen LogP contribution in [0.5, 0.6) is 0 Å². The van der Waals surface area contributed by atoms with Crippen LogP contribution in [0.2, 0.25) is 5.02 Å². The van der Waals surface area contributed by atoms with Gasteiger partial charge in [-0.25, -0.2) is 4.39 Å². The van der Waals surface area contributed by atoms with Gasteiger partial charge in [-0.1, -0.05) is 29.8 Å². The summed E-state index contributed by atoms with van der Waals surface area (Å²) in [7, 11) is 0. The highest BCUT2D eigenvalue weighted by atomic mass is 35.5. The number of carbonyl (C=O) groups is 1. The Balaban J connectivity index is 1.56. The van der Waals surface area contributed by atoms with E-state index in [4.69, 9.17) is 21.4 Å². The molecule has 1 heterocycles. The number of halogens is 2. The Labute approximate surface area is 206 Å². The predicted octanol–water partition coefficient (Wildman–Crippen LogP) is 5.26. The van der Waals surface area contributed by atoms with Gasteiger partial charge in [0.1, 0.15) is 5.82 Å². The van der Waals surface area contributed by atoms with Crippen molar-refractivity contribution in [1.29, 1.82) is 0 Å². The summed E-state index contributed by atoms with van der Waals surface area (Å²) >= 11 is 6.28. The van der Waals surface area contributed by atoms with Crippen LogP contribution in [-0.2, 0) is 22.4 Å². The molecular weight excluding hydrogens is 457 g/mol. The van der Waals surface area contributed by atoms with E-state index >= 15 is 0 Å². The van der Waals surface area contributed by atoms with Gasteiger partial charge in [0, 0.05) is 24.0 Å². The Morgan fingerprint density at radius 1 is 1.26 bits per heavy atom. The van der Waals surface area contributed by atoms with Crippen LogP contribution in [0.4, 0.5) is 4.39 Å². The van der Waals surface area contributed by atoms with Crippen molar-refractivity contribution in [3.8, 4) is 0 Å². The summed E-state index contributed by atoms with van der Waals surface area (Å²) in [6.07, 6.45) is 2.19. The third-order valence-corrected chi connectivity index (χ3v) is 7.06. The molecule has 2 N–H and O–H groups in total.